The fourth-order valence-electron chi connectivity index (χ4n) is 10.8. The van der Waals surface area contributed by atoms with Gasteiger partial charge >= 0.3 is 0 Å². The van der Waals surface area contributed by atoms with Crippen LogP contribution in [0.25, 0.3) is 84.5 Å². The number of aromatic amines is 2. The van der Waals surface area contributed by atoms with Crippen molar-refractivity contribution in [2.24, 2.45) is 0 Å². The number of nitrogens with one attached hydrogen (secondary N) is 2. The highest BCUT2D eigenvalue weighted by Gasteiger charge is 2.34. The first-order valence-electron chi connectivity index (χ1n) is 22.1. The van der Waals surface area contributed by atoms with Crippen molar-refractivity contribution in [2.75, 3.05) is 0 Å². The Morgan fingerprint density at radius 3 is 0.899 bits per heavy atom. The summed E-state index contributed by atoms with van der Waals surface area (Å²) in [7, 11) is 0. The van der Waals surface area contributed by atoms with Crippen molar-refractivity contribution in [1.82, 2.24) is 19.9 Å². The van der Waals surface area contributed by atoms with Crippen molar-refractivity contribution >= 4 is 167 Å². The third-order valence-electron chi connectivity index (χ3n) is 13.3. The van der Waals surface area contributed by atoms with Crippen LogP contribution in [-0.4, -0.2) is 19.9 Å². The zero-order chi connectivity index (χ0) is 50.1. The summed E-state index contributed by atoms with van der Waals surface area (Å²) in [5.41, 5.74) is 25.3. The van der Waals surface area contributed by atoms with E-state index in [-0.39, 0.29) is 5.82 Å². The summed E-state index contributed by atoms with van der Waals surface area (Å²) in [5, 5.41) is 0. The maximum absolute atomic E-state index is 16.6. The quantitative estimate of drug-likeness (QED) is 0.185. The predicted molar refractivity (Wildman–Crippen MR) is 320 cm³/mol. The molecule has 352 valence electrons. The van der Waals surface area contributed by atoms with Crippen LogP contribution >= 0.6 is 127 Å². The van der Waals surface area contributed by atoms with Gasteiger partial charge < -0.3 is 9.97 Å². The lowest BCUT2D eigenvalue weighted by Crippen LogP contribution is -1.98. The molecule has 7 aromatic rings. The van der Waals surface area contributed by atoms with Crippen LogP contribution in [0.5, 0.6) is 0 Å². The van der Waals surface area contributed by atoms with Crippen LogP contribution in [-0.2, 0) is 0 Å². The largest absolute Gasteiger partial charge is 0.352 e. The SMILES string of the molecule is Cc1cc(C)c(-c2c3nc(c(-c4c(C)cc(C)cc4C)c4[nH]c(c(Br)c4Br)c(-c4c(C)cc(C)c(F)c4C)c4[nH]c(c(Br)c4Br)c(-c4c(C)cc(C)cc4C)c4nc2C(Br)=C4Br)C(Br)=C3Br)c(C)c1. The fourth-order valence-corrected chi connectivity index (χ4v) is 14.7. The van der Waals surface area contributed by atoms with Gasteiger partial charge in [0.05, 0.1) is 80.7 Å². The number of aromatic nitrogens is 4. The molecular weight excluding hydrogens is 1390 g/mol. The number of aryl methyl sites for hydroxylation is 11. The fraction of sp³-hybridized carbons (Fsp3) is 0.214. The normalized spacial score (nSPS) is 12.9. The Labute approximate surface area is 470 Å². The molecule has 9 rings (SSSR count). The molecule has 0 saturated carbocycles. The van der Waals surface area contributed by atoms with Gasteiger partial charge in [0.2, 0.25) is 0 Å². The first-order chi connectivity index (χ1) is 32.4. The Kier molecular flexibility index (Phi) is 14.0. The lowest BCUT2D eigenvalue weighted by molar-refractivity contribution is 0.609. The van der Waals surface area contributed by atoms with E-state index in [1.165, 1.54) is 5.56 Å². The summed E-state index contributed by atoms with van der Waals surface area (Å²) in [6.45, 7) is 25.1. The van der Waals surface area contributed by atoms with E-state index < -0.39 is 0 Å². The lowest BCUT2D eigenvalue weighted by atomic mass is 9.92. The molecule has 0 amide bonds. The number of benzene rings is 4. The molecule has 5 heterocycles. The summed E-state index contributed by atoms with van der Waals surface area (Å²) < 4.78 is 22.8. The van der Waals surface area contributed by atoms with E-state index in [9.17, 15) is 0 Å². The van der Waals surface area contributed by atoms with Gasteiger partial charge in [-0.05, 0) is 283 Å². The zero-order valence-electron chi connectivity index (χ0n) is 39.8. The maximum Gasteiger partial charge on any atom is 0.129 e. The molecule has 2 aliphatic heterocycles. The number of fused-ring (bicyclic) bond motifs is 8. The first kappa shape index (κ1) is 51.2. The highest BCUT2D eigenvalue weighted by Crippen LogP contribution is 2.55. The molecule has 13 heteroatoms. The lowest BCUT2D eigenvalue weighted by Gasteiger charge is -2.16. The molecule has 4 nitrogen and oxygen atoms in total. The molecule has 2 aliphatic rings. The monoisotopic (exact) mass is 1420 g/mol. The van der Waals surface area contributed by atoms with Gasteiger partial charge in [-0.2, -0.15) is 0 Å². The van der Waals surface area contributed by atoms with E-state index in [0.717, 1.165) is 175 Å². The molecule has 0 fully saturated rings. The summed E-state index contributed by atoms with van der Waals surface area (Å²) >= 11 is 33.1. The summed E-state index contributed by atoms with van der Waals surface area (Å²) in [6.07, 6.45) is 0. The van der Waals surface area contributed by atoms with Gasteiger partial charge in [0, 0.05) is 22.3 Å². The van der Waals surface area contributed by atoms with E-state index in [1.54, 1.807) is 0 Å². The third kappa shape index (κ3) is 8.31. The van der Waals surface area contributed by atoms with Crippen molar-refractivity contribution in [3.8, 4) is 44.5 Å². The van der Waals surface area contributed by atoms with Crippen molar-refractivity contribution in [3.63, 3.8) is 0 Å². The van der Waals surface area contributed by atoms with Crippen LogP contribution in [0.2, 0.25) is 0 Å². The van der Waals surface area contributed by atoms with Gasteiger partial charge in [-0.1, -0.05) is 59.2 Å². The van der Waals surface area contributed by atoms with Gasteiger partial charge in [-0.3, -0.25) is 0 Å². The standard InChI is InChI=1S/C56H45Br8FN4/c1-20-13-23(4)32(24(5)14-20)36-49-40(57)42(59)51(66-49)37(33-25(6)15-21(2)16-26(33)7)53-44(61)46(63)55(68-53)39(35-29(10)19-30(11)48(65)31(35)12)56-47(64)45(62)54(69-56)38(52-43(60)41(58)50(36)67-52)34-27(8)17-22(3)18-28(34)9/h13-19,68-69H,1-12H3. The van der Waals surface area contributed by atoms with Crippen LogP contribution in [0.4, 0.5) is 4.39 Å². The van der Waals surface area contributed by atoms with Crippen LogP contribution in [0, 0.1) is 88.9 Å². The maximum atomic E-state index is 16.6. The Morgan fingerprint density at radius 1 is 0.319 bits per heavy atom. The number of H-pyrrole nitrogens is 2. The van der Waals surface area contributed by atoms with E-state index in [1.807, 2.05) is 26.8 Å². The van der Waals surface area contributed by atoms with E-state index in [2.05, 4.69) is 236 Å². The first-order valence-corrected chi connectivity index (χ1v) is 28.5. The third-order valence-corrected chi connectivity index (χ3v) is 21.7. The molecule has 0 atom stereocenters. The highest BCUT2D eigenvalue weighted by atomic mass is 79.9. The minimum atomic E-state index is -0.258. The van der Waals surface area contributed by atoms with E-state index in [0.29, 0.717) is 11.1 Å². The molecule has 8 bridgehead atoms. The zero-order valence-corrected chi connectivity index (χ0v) is 52.5. The van der Waals surface area contributed by atoms with Crippen molar-refractivity contribution < 1.29 is 4.39 Å². The second kappa shape index (κ2) is 18.9. The van der Waals surface area contributed by atoms with Gasteiger partial charge in [-0.15, -0.1) is 0 Å². The van der Waals surface area contributed by atoms with E-state index >= 15 is 4.39 Å². The number of halogens is 9. The van der Waals surface area contributed by atoms with Gasteiger partial charge in [0.15, 0.2) is 0 Å². The Hall–Kier alpha value is -2.75. The topological polar surface area (TPSA) is 57.4 Å². The minimum Gasteiger partial charge on any atom is -0.352 e. The van der Waals surface area contributed by atoms with Gasteiger partial charge in [0.1, 0.15) is 5.82 Å². The van der Waals surface area contributed by atoms with Crippen LogP contribution in [0.15, 0.2) is 60.4 Å². The smallest absolute Gasteiger partial charge is 0.129 e. The Morgan fingerprint density at radius 2 is 0.580 bits per heavy atom. The molecule has 0 aliphatic carbocycles. The summed E-state index contributed by atoms with van der Waals surface area (Å²) in [5.74, 6) is -0.258. The van der Waals surface area contributed by atoms with Crippen LogP contribution in [0.1, 0.15) is 89.5 Å². The second-order valence-corrected chi connectivity index (χ2v) is 24.9. The summed E-state index contributed by atoms with van der Waals surface area (Å²) in [6, 6.07) is 15.2. The number of hydrogen-bond donors (Lipinski definition) is 2. The number of rotatable bonds is 4. The molecule has 0 radical (unpaired) electrons. The molecular formula is C56H45Br8FN4. The van der Waals surface area contributed by atoms with Crippen molar-refractivity contribution in [3.05, 3.63) is 156 Å². The molecule has 0 unspecified atom stereocenters. The highest BCUT2D eigenvalue weighted by molar-refractivity contribution is 9.18. The molecule has 69 heavy (non-hydrogen) atoms. The average Bonchev–Trinajstić information content (AvgIpc) is 3.92. The molecule has 4 aromatic carbocycles. The molecule has 0 spiro atoms. The molecule has 2 N–H and O–H groups in total. The molecule has 3 aromatic heterocycles. The van der Waals surface area contributed by atoms with Gasteiger partial charge in [0.25, 0.3) is 0 Å². The van der Waals surface area contributed by atoms with E-state index in [4.69, 9.17) is 9.97 Å². The van der Waals surface area contributed by atoms with Crippen molar-refractivity contribution in [1.29, 1.82) is 0 Å². The average molecular weight is 1430 g/mol. The van der Waals surface area contributed by atoms with Gasteiger partial charge in [-0.25, -0.2) is 14.4 Å². The van der Waals surface area contributed by atoms with Crippen LogP contribution < -0.4 is 0 Å². The minimum absolute atomic E-state index is 0.258. The Bertz CT molecular complexity index is 3490. The van der Waals surface area contributed by atoms with Crippen molar-refractivity contribution in [2.45, 2.75) is 83.1 Å². The van der Waals surface area contributed by atoms with Crippen LogP contribution in [0.3, 0.4) is 0 Å². The number of nitrogens with zero attached hydrogens (tertiary/aromatic N) is 2. The number of hydrogen-bond acceptors (Lipinski definition) is 2. The summed E-state index contributed by atoms with van der Waals surface area (Å²) in [4.78, 5) is 19.5. The molecule has 0 saturated heterocycles. The Balaban J connectivity index is 1.70. The second-order valence-electron chi connectivity index (χ2n) is 18.5. The predicted octanol–water partition coefficient (Wildman–Crippen LogP) is 21.1.